The first-order valence-corrected chi connectivity index (χ1v) is 13.0. The summed E-state index contributed by atoms with van der Waals surface area (Å²) < 4.78 is 12.6. The number of amides is 1. The summed E-state index contributed by atoms with van der Waals surface area (Å²) in [7, 11) is 0. The zero-order valence-corrected chi connectivity index (χ0v) is 21.4. The Morgan fingerprint density at radius 3 is 2.71 bits per heavy atom. The predicted octanol–water partition coefficient (Wildman–Crippen LogP) is 5.44. The fourth-order valence-corrected chi connectivity index (χ4v) is 5.61. The number of carbonyl (C=O) groups is 1. The average Bonchev–Trinajstić information content (AvgIpc) is 3.32. The topological polar surface area (TPSA) is 54.9 Å². The van der Waals surface area contributed by atoms with Gasteiger partial charge in [-0.1, -0.05) is 47.7 Å². The molecule has 0 saturated carbocycles. The molecule has 35 heavy (non-hydrogen) atoms. The van der Waals surface area contributed by atoms with Crippen molar-refractivity contribution in [3.8, 4) is 5.75 Å². The number of hydrogen-bond acceptors (Lipinski definition) is 6. The minimum atomic E-state index is -0.0769. The van der Waals surface area contributed by atoms with Gasteiger partial charge in [-0.15, -0.1) is 0 Å². The second kappa shape index (κ2) is 10.3. The normalized spacial score (nSPS) is 14.5. The molecule has 5 rings (SSSR count). The Labute approximate surface area is 210 Å². The molecule has 1 saturated heterocycles. The maximum absolute atomic E-state index is 14.3. The number of nitrogens with zero attached hydrogens (tertiary/aromatic N) is 3. The summed E-state index contributed by atoms with van der Waals surface area (Å²) >= 11 is 1.57. The van der Waals surface area contributed by atoms with E-state index in [9.17, 15) is 4.79 Å². The molecule has 2 heterocycles. The molecular weight excluding hydrogens is 458 g/mol. The number of carbonyl (C=O) groups excluding carboxylic acids is 1. The van der Waals surface area contributed by atoms with Crippen LogP contribution >= 0.6 is 11.3 Å². The molecular formula is C28H31N3O3S. The van der Waals surface area contributed by atoms with Crippen molar-refractivity contribution < 1.29 is 14.3 Å². The summed E-state index contributed by atoms with van der Waals surface area (Å²) in [5, 5.41) is 2.64. The highest BCUT2D eigenvalue weighted by atomic mass is 32.1. The zero-order valence-electron chi connectivity index (χ0n) is 20.5. The third-order valence-corrected chi connectivity index (χ3v) is 7.74. The summed E-state index contributed by atoms with van der Waals surface area (Å²) in [5.74, 6) is 0.535. The van der Waals surface area contributed by atoms with Crippen molar-refractivity contribution >= 4 is 43.4 Å². The molecule has 1 aromatic heterocycles. The molecule has 3 aromatic carbocycles. The van der Waals surface area contributed by atoms with E-state index in [0.29, 0.717) is 24.5 Å². The lowest BCUT2D eigenvalue weighted by molar-refractivity contribution is 0.0391. The summed E-state index contributed by atoms with van der Waals surface area (Å²) in [5.41, 5.74) is 3.93. The standard InChI is InChI=1S/C28H31N3O3S/c1-4-34-23-11-10-21-7-5-6-8-22(21)25(23)27(32)31(14-13-30-15-17-33-18-16-30)28-29-26-20(3)19(2)9-12-24(26)35-28/h5-12H,4,13-18H2,1-3H3. The molecule has 7 heteroatoms. The van der Waals surface area contributed by atoms with E-state index in [0.717, 1.165) is 64.5 Å². The summed E-state index contributed by atoms with van der Waals surface area (Å²) in [6.45, 7) is 11.1. The molecule has 0 atom stereocenters. The van der Waals surface area contributed by atoms with Gasteiger partial charge in [0, 0.05) is 26.2 Å². The Hall–Kier alpha value is -3.00. The Bertz CT molecular complexity index is 1360. The van der Waals surface area contributed by atoms with Crippen LogP contribution in [0.15, 0.2) is 48.5 Å². The van der Waals surface area contributed by atoms with Crippen LogP contribution in [0, 0.1) is 13.8 Å². The Morgan fingerprint density at radius 1 is 1.11 bits per heavy atom. The van der Waals surface area contributed by atoms with Crippen LogP contribution in [0.5, 0.6) is 5.75 Å². The number of thiazole rings is 1. The van der Waals surface area contributed by atoms with Crippen molar-refractivity contribution in [2.75, 3.05) is 50.9 Å². The summed E-state index contributed by atoms with van der Waals surface area (Å²) in [4.78, 5) is 23.5. The van der Waals surface area contributed by atoms with Gasteiger partial charge in [0.1, 0.15) is 5.75 Å². The van der Waals surface area contributed by atoms with E-state index >= 15 is 0 Å². The van der Waals surface area contributed by atoms with Gasteiger partial charge in [-0.3, -0.25) is 14.6 Å². The van der Waals surface area contributed by atoms with E-state index in [1.165, 1.54) is 5.56 Å². The van der Waals surface area contributed by atoms with Crippen molar-refractivity contribution in [2.45, 2.75) is 20.8 Å². The Balaban J connectivity index is 1.59. The van der Waals surface area contributed by atoms with Crippen LogP contribution in [0.4, 0.5) is 5.13 Å². The molecule has 0 bridgehead atoms. The predicted molar refractivity (Wildman–Crippen MR) is 143 cm³/mol. The third kappa shape index (κ3) is 4.76. The molecule has 1 fully saturated rings. The first kappa shape index (κ1) is 23.7. The van der Waals surface area contributed by atoms with Crippen molar-refractivity contribution in [3.05, 3.63) is 65.2 Å². The number of aromatic nitrogens is 1. The lowest BCUT2D eigenvalue weighted by Gasteiger charge is -2.29. The smallest absolute Gasteiger partial charge is 0.264 e. The molecule has 0 N–H and O–H groups in total. The molecule has 1 amide bonds. The van der Waals surface area contributed by atoms with Gasteiger partial charge in [0.15, 0.2) is 5.13 Å². The molecule has 182 valence electrons. The second-order valence-corrected chi connectivity index (χ2v) is 9.86. The van der Waals surface area contributed by atoms with Gasteiger partial charge in [0.25, 0.3) is 5.91 Å². The monoisotopic (exact) mass is 489 g/mol. The highest BCUT2D eigenvalue weighted by molar-refractivity contribution is 7.22. The summed E-state index contributed by atoms with van der Waals surface area (Å²) in [6.07, 6.45) is 0. The van der Waals surface area contributed by atoms with E-state index in [1.807, 2.05) is 48.2 Å². The number of anilines is 1. The number of fused-ring (bicyclic) bond motifs is 2. The molecule has 1 aliphatic heterocycles. The number of ether oxygens (including phenoxy) is 2. The first-order chi connectivity index (χ1) is 17.1. The quantitative estimate of drug-likeness (QED) is 0.346. The third-order valence-electron chi connectivity index (χ3n) is 6.70. The van der Waals surface area contributed by atoms with Gasteiger partial charge in [0.2, 0.25) is 0 Å². The number of morpholine rings is 1. The van der Waals surface area contributed by atoms with Crippen LogP contribution < -0.4 is 9.64 Å². The van der Waals surface area contributed by atoms with E-state index in [1.54, 1.807) is 11.3 Å². The van der Waals surface area contributed by atoms with E-state index in [2.05, 4.69) is 30.9 Å². The van der Waals surface area contributed by atoms with Gasteiger partial charge in [-0.25, -0.2) is 4.98 Å². The number of rotatable bonds is 7. The molecule has 0 aliphatic carbocycles. The fourth-order valence-electron chi connectivity index (χ4n) is 4.56. The minimum Gasteiger partial charge on any atom is -0.493 e. The average molecular weight is 490 g/mol. The van der Waals surface area contributed by atoms with Gasteiger partial charge in [-0.2, -0.15) is 0 Å². The molecule has 0 unspecified atom stereocenters. The van der Waals surface area contributed by atoms with Crippen molar-refractivity contribution in [2.24, 2.45) is 0 Å². The fraction of sp³-hybridized carbons (Fsp3) is 0.357. The number of aryl methyl sites for hydroxylation is 2. The first-order valence-electron chi connectivity index (χ1n) is 12.2. The minimum absolute atomic E-state index is 0.0769. The molecule has 4 aromatic rings. The van der Waals surface area contributed by atoms with Crippen LogP contribution in [-0.4, -0.2) is 61.8 Å². The van der Waals surface area contributed by atoms with E-state index in [-0.39, 0.29) is 5.91 Å². The number of hydrogen-bond donors (Lipinski definition) is 0. The van der Waals surface area contributed by atoms with Crippen LogP contribution in [0.1, 0.15) is 28.4 Å². The lowest BCUT2D eigenvalue weighted by Crippen LogP contribution is -2.43. The van der Waals surface area contributed by atoms with Crippen LogP contribution in [0.3, 0.4) is 0 Å². The maximum Gasteiger partial charge on any atom is 0.264 e. The lowest BCUT2D eigenvalue weighted by atomic mass is 10.0. The highest BCUT2D eigenvalue weighted by Gasteiger charge is 2.27. The Morgan fingerprint density at radius 2 is 1.91 bits per heavy atom. The van der Waals surface area contributed by atoms with Crippen LogP contribution in [-0.2, 0) is 4.74 Å². The molecule has 1 aliphatic rings. The highest BCUT2D eigenvalue weighted by Crippen LogP contribution is 2.35. The molecule has 0 radical (unpaired) electrons. The SMILES string of the molecule is CCOc1ccc2ccccc2c1C(=O)N(CCN1CCOCC1)c1nc2c(C)c(C)ccc2s1. The van der Waals surface area contributed by atoms with E-state index in [4.69, 9.17) is 14.5 Å². The maximum atomic E-state index is 14.3. The second-order valence-electron chi connectivity index (χ2n) is 8.85. The van der Waals surface area contributed by atoms with Crippen LogP contribution in [0.2, 0.25) is 0 Å². The van der Waals surface area contributed by atoms with Gasteiger partial charge >= 0.3 is 0 Å². The largest absolute Gasteiger partial charge is 0.493 e. The van der Waals surface area contributed by atoms with Gasteiger partial charge in [0.05, 0.1) is 35.6 Å². The van der Waals surface area contributed by atoms with E-state index < -0.39 is 0 Å². The zero-order chi connectivity index (χ0) is 24.4. The summed E-state index contributed by atoms with van der Waals surface area (Å²) in [6, 6.07) is 16.1. The van der Waals surface area contributed by atoms with Crippen molar-refractivity contribution in [1.82, 2.24) is 9.88 Å². The molecule has 6 nitrogen and oxygen atoms in total. The van der Waals surface area contributed by atoms with Crippen molar-refractivity contribution in [1.29, 1.82) is 0 Å². The number of benzene rings is 3. The van der Waals surface area contributed by atoms with Gasteiger partial charge in [-0.05, 0) is 54.8 Å². The van der Waals surface area contributed by atoms with Crippen molar-refractivity contribution in [3.63, 3.8) is 0 Å². The Kier molecular flexibility index (Phi) is 7.00. The molecule has 0 spiro atoms. The van der Waals surface area contributed by atoms with Gasteiger partial charge < -0.3 is 9.47 Å². The van der Waals surface area contributed by atoms with Crippen LogP contribution in [0.25, 0.3) is 21.0 Å².